The molecule has 1 nitrogen and oxygen atoms in total. The van der Waals surface area contributed by atoms with Gasteiger partial charge < -0.3 is 5.32 Å². The summed E-state index contributed by atoms with van der Waals surface area (Å²) in [6.45, 7) is 9.34. The van der Waals surface area contributed by atoms with Crippen LogP contribution in [0.2, 0.25) is 0 Å². The van der Waals surface area contributed by atoms with E-state index in [1.54, 1.807) is 0 Å². The van der Waals surface area contributed by atoms with Gasteiger partial charge in [-0.3, -0.25) is 0 Å². The monoisotopic (exact) mass is 337 g/mol. The molecule has 20 heavy (non-hydrogen) atoms. The van der Waals surface area contributed by atoms with E-state index in [0.29, 0.717) is 5.41 Å². The topological polar surface area (TPSA) is 12.0 Å². The van der Waals surface area contributed by atoms with Crippen LogP contribution in [0.5, 0.6) is 0 Å². The van der Waals surface area contributed by atoms with Crippen LogP contribution >= 0.6 is 15.9 Å². The largest absolute Gasteiger partial charge is 0.312 e. The molecule has 0 amide bonds. The Balaban J connectivity index is 1.67. The molecule has 0 radical (unpaired) electrons. The van der Waals surface area contributed by atoms with Gasteiger partial charge in [0.15, 0.2) is 0 Å². The van der Waals surface area contributed by atoms with Crippen molar-refractivity contribution in [2.45, 2.75) is 53.0 Å². The summed E-state index contributed by atoms with van der Waals surface area (Å²) in [6, 6.07) is 8.61. The molecule has 1 aliphatic rings. The maximum Gasteiger partial charge on any atom is 0.0205 e. The third-order valence-corrected chi connectivity index (χ3v) is 5.28. The molecular formula is C18H28BrN. The number of halogens is 1. The quantitative estimate of drug-likeness (QED) is 0.776. The van der Waals surface area contributed by atoms with Crippen molar-refractivity contribution in [3.8, 4) is 0 Å². The minimum Gasteiger partial charge on any atom is -0.312 e. The Kier molecular flexibility index (Phi) is 5.68. The summed E-state index contributed by atoms with van der Waals surface area (Å²) < 4.78 is 1.15. The number of nitrogens with one attached hydrogen (secondary N) is 1. The van der Waals surface area contributed by atoms with Crippen LogP contribution in [0.15, 0.2) is 28.7 Å². The van der Waals surface area contributed by atoms with E-state index in [4.69, 9.17) is 0 Å². The number of hydrogen-bond acceptors (Lipinski definition) is 1. The van der Waals surface area contributed by atoms with Gasteiger partial charge in [-0.15, -0.1) is 0 Å². The molecule has 1 fully saturated rings. The Bertz CT molecular complexity index is 396. The maximum absolute atomic E-state index is 3.63. The van der Waals surface area contributed by atoms with Crippen molar-refractivity contribution in [3.63, 3.8) is 0 Å². The van der Waals surface area contributed by atoms with Gasteiger partial charge in [0.1, 0.15) is 0 Å². The van der Waals surface area contributed by atoms with E-state index in [2.05, 4.69) is 66.3 Å². The molecule has 0 aromatic heterocycles. The van der Waals surface area contributed by atoms with Crippen molar-refractivity contribution in [1.82, 2.24) is 5.32 Å². The molecule has 2 heteroatoms. The molecule has 1 N–H and O–H groups in total. The second-order valence-electron chi connectivity index (χ2n) is 7.34. The van der Waals surface area contributed by atoms with Crippen molar-refractivity contribution in [3.05, 3.63) is 34.3 Å². The van der Waals surface area contributed by atoms with E-state index in [-0.39, 0.29) is 0 Å². The smallest absolute Gasteiger partial charge is 0.0205 e. The molecule has 1 aliphatic carbocycles. The summed E-state index contributed by atoms with van der Waals surface area (Å²) in [5.74, 6) is 1.80. The third-order valence-electron chi connectivity index (χ3n) is 4.75. The van der Waals surface area contributed by atoms with E-state index in [0.717, 1.165) is 22.9 Å². The normalized spacial score (nSPS) is 23.8. The zero-order valence-corrected chi connectivity index (χ0v) is 14.7. The van der Waals surface area contributed by atoms with Crippen molar-refractivity contribution < 1.29 is 0 Å². The van der Waals surface area contributed by atoms with Gasteiger partial charge in [-0.25, -0.2) is 0 Å². The average molecular weight is 338 g/mol. The molecule has 2 rings (SSSR count). The van der Waals surface area contributed by atoms with Gasteiger partial charge >= 0.3 is 0 Å². The highest BCUT2D eigenvalue weighted by Gasteiger charge is 2.29. The van der Waals surface area contributed by atoms with Gasteiger partial charge in [-0.2, -0.15) is 0 Å². The van der Waals surface area contributed by atoms with E-state index in [1.807, 2.05) is 0 Å². The number of rotatable bonds is 4. The summed E-state index contributed by atoms with van der Waals surface area (Å²) in [4.78, 5) is 0. The van der Waals surface area contributed by atoms with E-state index >= 15 is 0 Å². The maximum atomic E-state index is 3.63. The molecule has 1 aromatic rings. The molecule has 0 atom stereocenters. The van der Waals surface area contributed by atoms with Gasteiger partial charge in [-0.05, 0) is 67.2 Å². The van der Waals surface area contributed by atoms with Crippen LogP contribution in [0.1, 0.15) is 52.0 Å². The predicted octanol–water partition coefficient (Wildman–Crippen LogP) is 5.39. The summed E-state index contributed by atoms with van der Waals surface area (Å²) in [5, 5.41) is 3.63. The van der Waals surface area contributed by atoms with Crippen LogP contribution in [-0.4, -0.2) is 6.54 Å². The van der Waals surface area contributed by atoms with Gasteiger partial charge in [0, 0.05) is 11.0 Å². The van der Waals surface area contributed by atoms with Crippen LogP contribution < -0.4 is 5.32 Å². The first-order valence-corrected chi connectivity index (χ1v) is 8.69. The SMILES string of the molecule is CC(C)(C)C1CCC(CNCc2ccc(Br)cc2)CC1. The van der Waals surface area contributed by atoms with Gasteiger partial charge in [0.2, 0.25) is 0 Å². The first-order valence-electron chi connectivity index (χ1n) is 7.90. The second-order valence-corrected chi connectivity index (χ2v) is 8.26. The molecule has 0 heterocycles. The fraction of sp³-hybridized carbons (Fsp3) is 0.667. The molecule has 1 aromatic carbocycles. The van der Waals surface area contributed by atoms with Crippen LogP contribution in [0.3, 0.4) is 0 Å². The summed E-state index contributed by atoms with van der Waals surface area (Å²) in [7, 11) is 0. The Morgan fingerprint density at radius 2 is 1.65 bits per heavy atom. The lowest BCUT2D eigenvalue weighted by molar-refractivity contribution is 0.149. The van der Waals surface area contributed by atoms with Crippen molar-refractivity contribution in [2.24, 2.45) is 17.3 Å². The highest BCUT2D eigenvalue weighted by atomic mass is 79.9. The fourth-order valence-corrected chi connectivity index (χ4v) is 3.52. The minimum atomic E-state index is 0.496. The lowest BCUT2D eigenvalue weighted by atomic mass is 9.70. The first-order chi connectivity index (χ1) is 9.45. The standard InChI is InChI=1S/C18H28BrN/c1-18(2,3)16-8-4-14(5-9-16)12-20-13-15-6-10-17(19)11-7-15/h6-7,10-11,14,16,20H,4-5,8-9,12-13H2,1-3H3. The molecule has 0 saturated heterocycles. The number of benzene rings is 1. The van der Waals surface area contributed by atoms with Crippen molar-refractivity contribution >= 4 is 15.9 Å². The Hall–Kier alpha value is -0.340. The first kappa shape index (κ1) is 16.0. The predicted molar refractivity (Wildman–Crippen MR) is 90.8 cm³/mol. The Morgan fingerprint density at radius 3 is 2.20 bits per heavy atom. The Labute approximate surface area is 132 Å². The highest BCUT2D eigenvalue weighted by molar-refractivity contribution is 9.10. The summed E-state index contributed by atoms with van der Waals surface area (Å²) in [6.07, 6.45) is 5.62. The molecular weight excluding hydrogens is 310 g/mol. The van der Waals surface area contributed by atoms with Gasteiger partial charge in [0.05, 0.1) is 0 Å². The molecule has 1 saturated carbocycles. The average Bonchev–Trinajstić information content (AvgIpc) is 2.41. The minimum absolute atomic E-state index is 0.496. The van der Waals surface area contributed by atoms with Crippen LogP contribution in [0.25, 0.3) is 0 Å². The molecule has 112 valence electrons. The molecule has 0 bridgehead atoms. The van der Waals surface area contributed by atoms with E-state index < -0.39 is 0 Å². The van der Waals surface area contributed by atoms with Crippen molar-refractivity contribution in [2.75, 3.05) is 6.54 Å². The fourth-order valence-electron chi connectivity index (χ4n) is 3.26. The Morgan fingerprint density at radius 1 is 1.05 bits per heavy atom. The molecule has 0 spiro atoms. The van der Waals surface area contributed by atoms with E-state index in [9.17, 15) is 0 Å². The summed E-state index contributed by atoms with van der Waals surface area (Å²) in [5.41, 5.74) is 1.87. The van der Waals surface area contributed by atoms with Crippen molar-refractivity contribution in [1.29, 1.82) is 0 Å². The lowest BCUT2D eigenvalue weighted by Gasteiger charge is -2.37. The van der Waals surface area contributed by atoms with E-state index in [1.165, 1.54) is 37.8 Å². The number of hydrogen-bond donors (Lipinski definition) is 1. The third kappa shape index (κ3) is 4.89. The highest BCUT2D eigenvalue weighted by Crippen LogP contribution is 2.39. The van der Waals surface area contributed by atoms with Gasteiger partial charge in [0.25, 0.3) is 0 Å². The lowest BCUT2D eigenvalue weighted by Crippen LogP contribution is -2.30. The van der Waals surface area contributed by atoms with Crippen LogP contribution in [-0.2, 0) is 6.54 Å². The van der Waals surface area contributed by atoms with Crippen LogP contribution in [0.4, 0.5) is 0 Å². The zero-order valence-electron chi connectivity index (χ0n) is 13.1. The van der Waals surface area contributed by atoms with Gasteiger partial charge in [-0.1, -0.05) is 48.8 Å². The molecule has 0 aliphatic heterocycles. The van der Waals surface area contributed by atoms with Crippen LogP contribution in [0, 0.1) is 17.3 Å². The molecule has 0 unspecified atom stereocenters. The second kappa shape index (κ2) is 7.09. The zero-order chi connectivity index (χ0) is 14.6. The summed E-state index contributed by atoms with van der Waals surface area (Å²) >= 11 is 3.48.